The molecule has 1 fully saturated rings. The molecule has 0 saturated carbocycles. The minimum Gasteiger partial charge on any atom is -0.377 e. The Kier molecular flexibility index (Phi) is 3.96. The smallest absolute Gasteiger partial charge is 0.227 e. The zero-order valence-electron chi connectivity index (χ0n) is 12.0. The van der Waals surface area contributed by atoms with Crippen molar-refractivity contribution < 1.29 is 9.53 Å². The Morgan fingerprint density at radius 1 is 1.52 bits per heavy atom. The molecule has 1 atom stereocenters. The Morgan fingerprint density at radius 3 is 3.14 bits per heavy atom. The highest BCUT2D eigenvalue weighted by Crippen LogP contribution is 2.22. The van der Waals surface area contributed by atoms with Crippen LogP contribution in [0.5, 0.6) is 0 Å². The summed E-state index contributed by atoms with van der Waals surface area (Å²) in [5.41, 5.74) is 1.90. The van der Waals surface area contributed by atoms with Crippen LogP contribution in [0.1, 0.15) is 23.1 Å². The molecule has 6 nitrogen and oxygen atoms in total. The van der Waals surface area contributed by atoms with E-state index in [4.69, 9.17) is 4.74 Å². The SMILES string of the molecule is Cc1cnc([C@@H]2COCCN2C(=O)Cc2cccnc2)[nH]1. The number of nitrogens with zero attached hydrogens (tertiary/aromatic N) is 3. The molecular weight excluding hydrogens is 268 g/mol. The number of hydrogen-bond donors (Lipinski definition) is 1. The lowest BCUT2D eigenvalue weighted by molar-refractivity contribution is -0.139. The van der Waals surface area contributed by atoms with Gasteiger partial charge in [0, 0.05) is 30.8 Å². The molecule has 1 aliphatic rings. The highest BCUT2D eigenvalue weighted by atomic mass is 16.5. The topological polar surface area (TPSA) is 71.1 Å². The predicted octanol–water partition coefficient (Wildman–Crippen LogP) is 1.26. The molecule has 0 unspecified atom stereocenters. The summed E-state index contributed by atoms with van der Waals surface area (Å²) >= 11 is 0. The minimum atomic E-state index is -0.142. The van der Waals surface area contributed by atoms with Crippen LogP contribution in [0.25, 0.3) is 0 Å². The molecule has 0 bridgehead atoms. The molecule has 0 aliphatic carbocycles. The van der Waals surface area contributed by atoms with Gasteiger partial charge in [-0.05, 0) is 18.6 Å². The first-order valence-corrected chi connectivity index (χ1v) is 7.01. The zero-order chi connectivity index (χ0) is 14.7. The molecule has 1 saturated heterocycles. The first-order chi connectivity index (χ1) is 10.2. The van der Waals surface area contributed by atoms with Gasteiger partial charge in [-0.25, -0.2) is 4.98 Å². The van der Waals surface area contributed by atoms with Gasteiger partial charge in [-0.3, -0.25) is 9.78 Å². The number of H-pyrrole nitrogens is 1. The van der Waals surface area contributed by atoms with E-state index in [1.54, 1.807) is 18.6 Å². The Bertz CT molecular complexity index is 611. The molecule has 0 spiro atoms. The fourth-order valence-electron chi connectivity index (χ4n) is 2.51. The van der Waals surface area contributed by atoms with Crippen molar-refractivity contribution in [1.29, 1.82) is 0 Å². The van der Waals surface area contributed by atoms with E-state index in [-0.39, 0.29) is 11.9 Å². The largest absolute Gasteiger partial charge is 0.377 e. The monoisotopic (exact) mass is 286 g/mol. The summed E-state index contributed by atoms with van der Waals surface area (Å²) in [6.45, 7) is 3.58. The lowest BCUT2D eigenvalue weighted by Gasteiger charge is -2.34. The summed E-state index contributed by atoms with van der Waals surface area (Å²) in [5.74, 6) is 0.858. The van der Waals surface area contributed by atoms with E-state index in [9.17, 15) is 4.79 Å². The quantitative estimate of drug-likeness (QED) is 0.922. The fraction of sp³-hybridized carbons (Fsp3) is 0.400. The van der Waals surface area contributed by atoms with Crippen LogP contribution in [-0.4, -0.2) is 45.5 Å². The number of nitrogens with one attached hydrogen (secondary N) is 1. The third-order valence-electron chi connectivity index (χ3n) is 3.57. The van der Waals surface area contributed by atoms with Crippen molar-refractivity contribution >= 4 is 5.91 Å². The van der Waals surface area contributed by atoms with Crippen LogP contribution in [0.3, 0.4) is 0 Å². The van der Waals surface area contributed by atoms with E-state index in [0.29, 0.717) is 26.2 Å². The number of aromatic amines is 1. The van der Waals surface area contributed by atoms with Crippen molar-refractivity contribution in [2.24, 2.45) is 0 Å². The highest BCUT2D eigenvalue weighted by Gasteiger charge is 2.30. The third kappa shape index (κ3) is 3.11. The number of carbonyl (C=O) groups is 1. The van der Waals surface area contributed by atoms with Crippen LogP contribution in [0, 0.1) is 6.92 Å². The van der Waals surface area contributed by atoms with Crippen LogP contribution < -0.4 is 0 Å². The summed E-state index contributed by atoms with van der Waals surface area (Å²) in [6.07, 6.45) is 5.55. The number of hydrogen-bond acceptors (Lipinski definition) is 4. The normalized spacial score (nSPS) is 18.7. The number of imidazole rings is 1. The first kappa shape index (κ1) is 13.8. The van der Waals surface area contributed by atoms with Crippen molar-refractivity contribution in [1.82, 2.24) is 19.9 Å². The Labute approximate surface area is 123 Å². The molecule has 21 heavy (non-hydrogen) atoms. The number of aromatic nitrogens is 3. The lowest BCUT2D eigenvalue weighted by atomic mass is 10.1. The second-order valence-corrected chi connectivity index (χ2v) is 5.17. The van der Waals surface area contributed by atoms with Gasteiger partial charge in [-0.1, -0.05) is 6.07 Å². The average Bonchev–Trinajstić information content (AvgIpc) is 2.95. The molecule has 1 N–H and O–H groups in total. The Balaban J connectivity index is 1.76. The van der Waals surface area contributed by atoms with Gasteiger partial charge in [0.25, 0.3) is 0 Å². The molecule has 0 radical (unpaired) electrons. The molecule has 3 heterocycles. The van der Waals surface area contributed by atoms with Crippen molar-refractivity contribution in [3.63, 3.8) is 0 Å². The highest BCUT2D eigenvalue weighted by molar-refractivity contribution is 5.79. The maximum Gasteiger partial charge on any atom is 0.227 e. The molecule has 1 aliphatic heterocycles. The predicted molar refractivity (Wildman–Crippen MR) is 76.5 cm³/mol. The van der Waals surface area contributed by atoms with Crippen molar-refractivity contribution in [2.45, 2.75) is 19.4 Å². The van der Waals surface area contributed by atoms with Crippen molar-refractivity contribution in [3.8, 4) is 0 Å². The number of pyridine rings is 1. The van der Waals surface area contributed by atoms with Crippen LogP contribution in [-0.2, 0) is 16.0 Å². The van der Waals surface area contributed by atoms with Crippen LogP contribution in [0.2, 0.25) is 0 Å². The Morgan fingerprint density at radius 2 is 2.43 bits per heavy atom. The third-order valence-corrected chi connectivity index (χ3v) is 3.57. The van der Waals surface area contributed by atoms with Crippen molar-refractivity contribution in [2.75, 3.05) is 19.8 Å². The first-order valence-electron chi connectivity index (χ1n) is 7.01. The zero-order valence-corrected chi connectivity index (χ0v) is 12.0. The van der Waals surface area contributed by atoms with E-state index >= 15 is 0 Å². The molecule has 2 aromatic heterocycles. The van der Waals surface area contributed by atoms with Crippen molar-refractivity contribution in [3.05, 3.63) is 47.8 Å². The van der Waals surface area contributed by atoms with Gasteiger partial charge in [0.15, 0.2) is 0 Å². The van der Waals surface area contributed by atoms with E-state index in [1.807, 2.05) is 24.0 Å². The standard InChI is InChI=1S/C15H18N4O2/c1-11-8-17-15(18-11)13-10-21-6-5-19(13)14(20)7-12-3-2-4-16-9-12/h2-4,8-9,13H,5-7,10H2,1H3,(H,17,18)/t13-/m0/s1. The van der Waals surface area contributed by atoms with E-state index in [2.05, 4.69) is 15.0 Å². The van der Waals surface area contributed by atoms with Gasteiger partial charge < -0.3 is 14.6 Å². The molecule has 2 aromatic rings. The maximum atomic E-state index is 12.6. The van der Waals surface area contributed by atoms with E-state index < -0.39 is 0 Å². The van der Waals surface area contributed by atoms with E-state index in [0.717, 1.165) is 17.1 Å². The number of amides is 1. The van der Waals surface area contributed by atoms with Gasteiger partial charge in [-0.2, -0.15) is 0 Å². The van der Waals surface area contributed by atoms with Gasteiger partial charge >= 0.3 is 0 Å². The minimum absolute atomic E-state index is 0.0744. The van der Waals surface area contributed by atoms with Crippen LogP contribution >= 0.6 is 0 Å². The molecular formula is C15H18N4O2. The van der Waals surface area contributed by atoms with Gasteiger partial charge in [0.05, 0.1) is 19.6 Å². The van der Waals surface area contributed by atoms with Crippen LogP contribution in [0.15, 0.2) is 30.7 Å². The van der Waals surface area contributed by atoms with Gasteiger partial charge in [0.2, 0.25) is 5.91 Å². The summed E-state index contributed by atoms with van der Waals surface area (Å²) in [5, 5.41) is 0. The number of ether oxygens (including phenoxy) is 1. The van der Waals surface area contributed by atoms with Gasteiger partial charge in [0.1, 0.15) is 11.9 Å². The fourth-order valence-corrected chi connectivity index (χ4v) is 2.51. The number of morpholine rings is 1. The van der Waals surface area contributed by atoms with Crippen LogP contribution in [0.4, 0.5) is 0 Å². The molecule has 1 amide bonds. The van der Waals surface area contributed by atoms with Gasteiger partial charge in [-0.15, -0.1) is 0 Å². The average molecular weight is 286 g/mol. The Hall–Kier alpha value is -2.21. The van der Waals surface area contributed by atoms with E-state index in [1.165, 1.54) is 0 Å². The number of aryl methyl sites for hydroxylation is 1. The summed E-state index contributed by atoms with van der Waals surface area (Å²) in [6, 6.07) is 3.61. The molecule has 6 heteroatoms. The number of rotatable bonds is 3. The lowest BCUT2D eigenvalue weighted by Crippen LogP contribution is -2.44. The second kappa shape index (κ2) is 6.05. The summed E-state index contributed by atoms with van der Waals surface area (Å²) < 4.78 is 5.51. The molecule has 110 valence electrons. The molecule has 0 aromatic carbocycles. The number of carbonyl (C=O) groups excluding carboxylic acids is 1. The summed E-state index contributed by atoms with van der Waals surface area (Å²) in [4.78, 5) is 26.0. The molecule has 3 rings (SSSR count). The second-order valence-electron chi connectivity index (χ2n) is 5.17. The summed E-state index contributed by atoms with van der Waals surface area (Å²) in [7, 11) is 0. The maximum absolute atomic E-state index is 12.6.